The van der Waals surface area contributed by atoms with Gasteiger partial charge in [0.25, 0.3) is 0 Å². The normalized spacial score (nSPS) is 12.7. The van der Waals surface area contributed by atoms with Crippen molar-refractivity contribution < 1.29 is 5.11 Å². The Balaban J connectivity index is 2.33. The van der Waals surface area contributed by atoms with Crippen LogP contribution in [-0.2, 0) is 0 Å². The third-order valence-corrected chi connectivity index (χ3v) is 3.77. The van der Waals surface area contributed by atoms with E-state index in [0.717, 1.165) is 19.9 Å². The predicted octanol–water partition coefficient (Wildman–Crippen LogP) is 3.63. The van der Waals surface area contributed by atoms with E-state index in [1.54, 1.807) is 13.1 Å². The number of aliphatic hydroxyl groups excluding tert-OH is 1. The molecule has 0 saturated heterocycles. The summed E-state index contributed by atoms with van der Waals surface area (Å²) in [4.78, 5) is 5.18. The Labute approximate surface area is 101 Å². The van der Waals surface area contributed by atoms with E-state index in [1.807, 2.05) is 24.3 Å². The lowest BCUT2D eigenvalue weighted by atomic mass is 10.2. The molecule has 0 fully saturated rings. The van der Waals surface area contributed by atoms with Gasteiger partial charge < -0.3 is 5.11 Å². The van der Waals surface area contributed by atoms with Gasteiger partial charge in [-0.25, -0.2) is 4.98 Å². The summed E-state index contributed by atoms with van der Waals surface area (Å²) in [7, 11) is 0. The quantitative estimate of drug-likeness (QED) is 0.913. The Morgan fingerprint density at radius 3 is 2.53 bits per heavy atom. The number of aliphatic hydroxyl groups is 1. The molecule has 1 N–H and O–H groups in total. The van der Waals surface area contributed by atoms with Gasteiger partial charge in [0.1, 0.15) is 5.01 Å². The van der Waals surface area contributed by atoms with Crippen LogP contribution in [0.4, 0.5) is 0 Å². The number of rotatable bonds is 2. The van der Waals surface area contributed by atoms with Crippen LogP contribution in [0.2, 0.25) is 0 Å². The van der Waals surface area contributed by atoms with Crippen molar-refractivity contribution in [3.63, 3.8) is 0 Å². The molecule has 78 valence electrons. The summed E-state index contributed by atoms with van der Waals surface area (Å²) in [5, 5.41) is 10.3. The fourth-order valence-electron chi connectivity index (χ4n) is 1.21. The molecule has 0 spiro atoms. The van der Waals surface area contributed by atoms with Crippen LogP contribution in [0.15, 0.2) is 34.9 Å². The third-order valence-electron chi connectivity index (χ3n) is 2.03. The molecule has 1 heterocycles. The molecule has 1 atom stereocenters. The molecule has 0 aliphatic rings. The van der Waals surface area contributed by atoms with Gasteiger partial charge >= 0.3 is 0 Å². The van der Waals surface area contributed by atoms with E-state index in [2.05, 4.69) is 20.9 Å². The molecule has 0 saturated carbocycles. The molecule has 0 amide bonds. The summed E-state index contributed by atoms with van der Waals surface area (Å²) in [6.45, 7) is 1.75. The van der Waals surface area contributed by atoms with Gasteiger partial charge in [0, 0.05) is 16.2 Å². The van der Waals surface area contributed by atoms with Crippen molar-refractivity contribution in [1.82, 2.24) is 4.98 Å². The highest BCUT2D eigenvalue weighted by Gasteiger charge is 2.07. The van der Waals surface area contributed by atoms with Crippen LogP contribution in [0.25, 0.3) is 10.6 Å². The predicted molar refractivity (Wildman–Crippen MR) is 65.9 cm³/mol. The third kappa shape index (κ3) is 2.45. The highest BCUT2D eigenvalue weighted by atomic mass is 79.9. The number of aromatic nitrogens is 1. The van der Waals surface area contributed by atoms with Crippen LogP contribution in [0, 0.1) is 0 Å². The number of benzene rings is 1. The second kappa shape index (κ2) is 4.43. The highest BCUT2D eigenvalue weighted by Crippen LogP contribution is 2.29. The zero-order chi connectivity index (χ0) is 10.8. The molecule has 0 unspecified atom stereocenters. The van der Waals surface area contributed by atoms with Crippen LogP contribution in [-0.4, -0.2) is 10.1 Å². The van der Waals surface area contributed by atoms with Crippen molar-refractivity contribution in [2.24, 2.45) is 0 Å². The molecule has 2 aromatic rings. The minimum absolute atomic E-state index is 0.438. The fraction of sp³-hybridized carbons (Fsp3) is 0.182. The van der Waals surface area contributed by atoms with E-state index in [4.69, 9.17) is 0 Å². The lowest BCUT2D eigenvalue weighted by Crippen LogP contribution is -1.83. The van der Waals surface area contributed by atoms with Crippen LogP contribution < -0.4 is 0 Å². The molecule has 2 nitrogen and oxygen atoms in total. The summed E-state index contributed by atoms with van der Waals surface area (Å²) in [5.41, 5.74) is 1.08. The zero-order valence-electron chi connectivity index (χ0n) is 8.14. The van der Waals surface area contributed by atoms with Gasteiger partial charge in [-0.15, -0.1) is 11.3 Å². The van der Waals surface area contributed by atoms with Gasteiger partial charge in [-0.3, -0.25) is 0 Å². The number of hydrogen-bond acceptors (Lipinski definition) is 3. The van der Waals surface area contributed by atoms with E-state index in [-0.39, 0.29) is 0 Å². The minimum Gasteiger partial charge on any atom is -0.388 e. The average Bonchev–Trinajstić information content (AvgIpc) is 2.68. The molecule has 1 aromatic heterocycles. The largest absolute Gasteiger partial charge is 0.388 e. The SMILES string of the molecule is C[C@@H](O)c1cnc(-c2ccc(Br)cc2)s1. The van der Waals surface area contributed by atoms with E-state index >= 15 is 0 Å². The topological polar surface area (TPSA) is 33.1 Å². The van der Waals surface area contributed by atoms with Crippen molar-refractivity contribution in [3.05, 3.63) is 39.8 Å². The van der Waals surface area contributed by atoms with Crippen molar-refractivity contribution >= 4 is 27.3 Å². The molecule has 0 radical (unpaired) electrons. The first kappa shape index (κ1) is 10.8. The van der Waals surface area contributed by atoms with Gasteiger partial charge in [0.2, 0.25) is 0 Å². The second-order valence-corrected chi connectivity index (χ2v) is 5.23. The van der Waals surface area contributed by atoms with Crippen LogP contribution in [0.5, 0.6) is 0 Å². The maximum Gasteiger partial charge on any atom is 0.123 e. The Kier molecular flexibility index (Phi) is 3.19. The minimum atomic E-state index is -0.438. The van der Waals surface area contributed by atoms with E-state index in [0.29, 0.717) is 0 Å². The number of nitrogens with zero attached hydrogens (tertiary/aromatic N) is 1. The Morgan fingerprint density at radius 1 is 1.33 bits per heavy atom. The summed E-state index contributed by atoms with van der Waals surface area (Å²) in [6.07, 6.45) is 1.29. The summed E-state index contributed by atoms with van der Waals surface area (Å²) in [5.74, 6) is 0. The van der Waals surface area contributed by atoms with Crippen molar-refractivity contribution in [1.29, 1.82) is 0 Å². The van der Waals surface area contributed by atoms with Crippen LogP contribution >= 0.6 is 27.3 Å². The maximum absolute atomic E-state index is 9.39. The lowest BCUT2D eigenvalue weighted by Gasteiger charge is -1.97. The monoisotopic (exact) mass is 283 g/mol. The van der Waals surface area contributed by atoms with Crippen LogP contribution in [0.3, 0.4) is 0 Å². The molecule has 0 aliphatic carbocycles. The second-order valence-electron chi connectivity index (χ2n) is 3.25. The number of thiazole rings is 1. The van der Waals surface area contributed by atoms with Crippen molar-refractivity contribution in [2.45, 2.75) is 13.0 Å². The molecular weight excluding hydrogens is 274 g/mol. The van der Waals surface area contributed by atoms with Crippen LogP contribution in [0.1, 0.15) is 17.9 Å². The molecule has 15 heavy (non-hydrogen) atoms. The average molecular weight is 284 g/mol. The van der Waals surface area contributed by atoms with Gasteiger partial charge in [0.15, 0.2) is 0 Å². The molecule has 4 heteroatoms. The fourth-order valence-corrected chi connectivity index (χ4v) is 2.33. The number of hydrogen-bond donors (Lipinski definition) is 1. The molecule has 1 aromatic carbocycles. The molecular formula is C11H10BrNOS. The maximum atomic E-state index is 9.39. The molecule has 0 aliphatic heterocycles. The van der Waals surface area contributed by atoms with Crippen molar-refractivity contribution in [3.8, 4) is 10.6 Å². The summed E-state index contributed by atoms with van der Waals surface area (Å²) in [6, 6.07) is 7.99. The van der Waals surface area contributed by atoms with Crippen molar-refractivity contribution in [2.75, 3.05) is 0 Å². The smallest absolute Gasteiger partial charge is 0.123 e. The Morgan fingerprint density at radius 2 is 2.00 bits per heavy atom. The van der Waals surface area contributed by atoms with Gasteiger partial charge in [-0.05, 0) is 19.1 Å². The standard InChI is InChI=1S/C11H10BrNOS/c1-7(14)10-6-13-11(15-10)8-2-4-9(12)5-3-8/h2-7,14H,1H3/t7-/m1/s1. The lowest BCUT2D eigenvalue weighted by molar-refractivity contribution is 0.203. The van der Waals surface area contributed by atoms with Gasteiger partial charge in [-0.1, -0.05) is 28.1 Å². The van der Waals surface area contributed by atoms with E-state index < -0.39 is 6.10 Å². The molecule has 2 rings (SSSR count). The highest BCUT2D eigenvalue weighted by molar-refractivity contribution is 9.10. The zero-order valence-corrected chi connectivity index (χ0v) is 10.5. The number of halogens is 1. The first-order valence-electron chi connectivity index (χ1n) is 4.56. The first-order valence-corrected chi connectivity index (χ1v) is 6.17. The summed E-state index contributed by atoms with van der Waals surface area (Å²) < 4.78 is 1.05. The van der Waals surface area contributed by atoms with Gasteiger partial charge in [-0.2, -0.15) is 0 Å². The summed E-state index contributed by atoms with van der Waals surface area (Å²) >= 11 is 4.91. The Bertz CT molecular complexity index is 450. The van der Waals surface area contributed by atoms with Gasteiger partial charge in [0.05, 0.1) is 11.0 Å². The van der Waals surface area contributed by atoms with E-state index in [1.165, 1.54) is 11.3 Å². The van der Waals surface area contributed by atoms with E-state index in [9.17, 15) is 5.11 Å². The molecule has 0 bridgehead atoms. The first-order chi connectivity index (χ1) is 7.16. The Hall–Kier alpha value is -0.710.